The van der Waals surface area contributed by atoms with E-state index in [2.05, 4.69) is 5.32 Å². The zero-order valence-electron chi connectivity index (χ0n) is 13.5. The maximum atomic E-state index is 12.6. The van der Waals surface area contributed by atoms with E-state index in [1.807, 2.05) is 0 Å². The molecule has 1 amide bonds. The molecule has 3 N–H and O–H groups in total. The van der Waals surface area contributed by atoms with Crippen LogP contribution in [0.15, 0.2) is 0 Å². The number of sulfone groups is 1. The molecule has 0 aromatic carbocycles. The van der Waals surface area contributed by atoms with E-state index < -0.39 is 26.9 Å². The lowest BCUT2D eigenvalue weighted by atomic mass is 9.87. The molecule has 2 atom stereocenters. The van der Waals surface area contributed by atoms with Crippen molar-refractivity contribution in [3.05, 3.63) is 0 Å². The number of hydrogen-bond acceptors (Lipinski definition) is 5. The fourth-order valence-electron chi connectivity index (χ4n) is 3.78. The van der Waals surface area contributed by atoms with Gasteiger partial charge in [-0.2, -0.15) is 0 Å². The van der Waals surface area contributed by atoms with E-state index in [0.717, 1.165) is 19.3 Å². The lowest BCUT2D eigenvalue weighted by Gasteiger charge is -2.38. The maximum Gasteiger partial charge on any atom is 0.247 e. The number of carbonyl (C=O) groups excluding carboxylic acids is 1. The average molecular weight is 332 g/mol. The van der Waals surface area contributed by atoms with Gasteiger partial charge < -0.3 is 5.32 Å². The molecule has 128 valence electrons. The molecule has 22 heavy (non-hydrogen) atoms. The van der Waals surface area contributed by atoms with Crippen molar-refractivity contribution in [3.8, 4) is 0 Å². The first-order valence-corrected chi connectivity index (χ1v) is 9.92. The molecule has 1 heterocycles. The van der Waals surface area contributed by atoms with Crippen molar-refractivity contribution >= 4 is 15.7 Å². The van der Waals surface area contributed by atoms with Gasteiger partial charge in [0.1, 0.15) is 0 Å². The van der Waals surface area contributed by atoms with Crippen LogP contribution in [0.25, 0.3) is 0 Å². The van der Waals surface area contributed by atoms with Gasteiger partial charge in [-0.05, 0) is 31.6 Å². The van der Waals surface area contributed by atoms with Crippen molar-refractivity contribution < 1.29 is 18.4 Å². The van der Waals surface area contributed by atoms with Crippen LogP contribution in [0.1, 0.15) is 52.4 Å². The molecule has 0 bridgehead atoms. The number of carbonyl (C=O) groups is 1. The molecule has 0 aromatic rings. The van der Waals surface area contributed by atoms with Crippen molar-refractivity contribution in [2.75, 3.05) is 12.3 Å². The van der Waals surface area contributed by atoms with Gasteiger partial charge in [-0.3, -0.25) is 10.0 Å². The van der Waals surface area contributed by atoms with Gasteiger partial charge in [-0.25, -0.2) is 13.9 Å². The standard InChI is InChI=1S/C15H28N2O4S/c1-11(2)13(14(18)17-19)10-22(20,21)12-5-8-15(16-9-12)6-3-4-7-15/h11-13,16,19H,3-10H2,1-2H3,(H,17,18). The van der Waals surface area contributed by atoms with Crippen LogP contribution in [-0.4, -0.2) is 42.6 Å². The second-order valence-electron chi connectivity index (χ2n) is 7.19. The SMILES string of the molecule is CC(C)C(CS(=O)(=O)C1CCC2(CCCC2)NC1)C(=O)NO. The lowest BCUT2D eigenvalue weighted by molar-refractivity contribution is -0.134. The number of rotatable bonds is 5. The van der Waals surface area contributed by atoms with Crippen molar-refractivity contribution in [1.29, 1.82) is 0 Å². The molecule has 6 nitrogen and oxygen atoms in total. The first kappa shape index (κ1) is 17.7. The van der Waals surface area contributed by atoms with Gasteiger partial charge in [0, 0.05) is 12.1 Å². The van der Waals surface area contributed by atoms with E-state index in [4.69, 9.17) is 5.21 Å². The minimum atomic E-state index is -3.36. The molecular formula is C15H28N2O4S. The van der Waals surface area contributed by atoms with Crippen LogP contribution in [0.4, 0.5) is 0 Å². The highest BCUT2D eigenvalue weighted by atomic mass is 32.2. The number of hydroxylamine groups is 1. The van der Waals surface area contributed by atoms with Crippen LogP contribution in [0.3, 0.4) is 0 Å². The van der Waals surface area contributed by atoms with Crippen molar-refractivity contribution in [2.45, 2.75) is 63.2 Å². The first-order valence-electron chi connectivity index (χ1n) is 8.20. The van der Waals surface area contributed by atoms with Crippen molar-refractivity contribution in [1.82, 2.24) is 10.8 Å². The third kappa shape index (κ3) is 3.81. The second kappa shape index (κ2) is 6.84. The lowest BCUT2D eigenvalue weighted by Crippen LogP contribution is -2.53. The third-order valence-electron chi connectivity index (χ3n) is 5.38. The Morgan fingerprint density at radius 1 is 1.32 bits per heavy atom. The normalized spacial score (nSPS) is 26.3. The van der Waals surface area contributed by atoms with Gasteiger partial charge in [0.15, 0.2) is 9.84 Å². The van der Waals surface area contributed by atoms with Crippen LogP contribution in [-0.2, 0) is 14.6 Å². The Morgan fingerprint density at radius 2 is 1.95 bits per heavy atom. The van der Waals surface area contributed by atoms with Crippen molar-refractivity contribution in [2.24, 2.45) is 11.8 Å². The topological polar surface area (TPSA) is 95.5 Å². The minimum Gasteiger partial charge on any atom is -0.310 e. The molecule has 0 aromatic heterocycles. The Kier molecular flexibility index (Phi) is 5.50. The highest BCUT2D eigenvalue weighted by molar-refractivity contribution is 7.92. The predicted molar refractivity (Wildman–Crippen MR) is 84.3 cm³/mol. The first-order chi connectivity index (χ1) is 10.3. The van der Waals surface area contributed by atoms with Crippen LogP contribution in [0, 0.1) is 11.8 Å². The van der Waals surface area contributed by atoms with E-state index >= 15 is 0 Å². The zero-order valence-corrected chi connectivity index (χ0v) is 14.3. The summed E-state index contributed by atoms with van der Waals surface area (Å²) in [6.07, 6.45) is 6.28. The molecule has 2 rings (SSSR count). The summed E-state index contributed by atoms with van der Waals surface area (Å²) in [4.78, 5) is 11.7. The number of amides is 1. The largest absolute Gasteiger partial charge is 0.310 e. The Hall–Kier alpha value is -0.660. The summed E-state index contributed by atoms with van der Waals surface area (Å²) >= 11 is 0. The third-order valence-corrected chi connectivity index (χ3v) is 7.62. The summed E-state index contributed by atoms with van der Waals surface area (Å²) in [6, 6.07) is 0. The second-order valence-corrected chi connectivity index (χ2v) is 9.51. The molecule has 7 heteroatoms. The fourth-order valence-corrected chi connectivity index (χ4v) is 5.91. The summed E-state index contributed by atoms with van der Waals surface area (Å²) in [5.41, 5.74) is 1.75. The Bertz CT molecular complexity index is 488. The number of piperidine rings is 1. The zero-order chi connectivity index (χ0) is 16.4. The van der Waals surface area contributed by atoms with Crippen LogP contribution >= 0.6 is 0 Å². The van der Waals surface area contributed by atoms with E-state index in [9.17, 15) is 13.2 Å². The van der Waals surface area contributed by atoms with Crippen LogP contribution < -0.4 is 10.8 Å². The summed E-state index contributed by atoms with van der Waals surface area (Å²) in [5, 5.41) is 11.8. The summed E-state index contributed by atoms with van der Waals surface area (Å²) in [6.45, 7) is 4.07. The molecule has 1 aliphatic heterocycles. The molecule has 2 aliphatic rings. The molecule has 1 saturated heterocycles. The maximum absolute atomic E-state index is 12.6. The van der Waals surface area contributed by atoms with Gasteiger partial charge in [0.2, 0.25) is 5.91 Å². The molecular weight excluding hydrogens is 304 g/mol. The van der Waals surface area contributed by atoms with Crippen LogP contribution in [0.5, 0.6) is 0 Å². The highest BCUT2D eigenvalue weighted by Crippen LogP contribution is 2.37. The number of nitrogens with one attached hydrogen (secondary N) is 2. The Balaban J connectivity index is 2.00. The quantitative estimate of drug-likeness (QED) is 0.520. The average Bonchev–Trinajstić information content (AvgIpc) is 2.92. The minimum absolute atomic E-state index is 0.139. The Morgan fingerprint density at radius 3 is 2.41 bits per heavy atom. The van der Waals surface area contributed by atoms with E-state index in [1.54, 1.807) is 19.3 Å². The molecule has 0 radical (unpaired) electrons. The molecule has 1 saturated carbocycles. The van der Waals surface area contributed by atoms with E-state index in [1.165, 1.54) is 12.8 Å². The van der Waals surface area contributed by atoms with Gasteiger partial charge in [0.05, 0.1) is 16.9 Å². The summed E-state index contributed by atoms with van der Waals surface area (Å²) < 4.78 is 25.2. The monoisotopic (exact) mass is 332 g/mol. The fraction of sp³-hybridized carbons (Fsp3) is 0.933. The molecule has 2 unspecified atom stereocenters. The van der Waals surface area contributed by atoms with Gasteiger partial charge in [-0.1, -0.05) is 26.7 Å². The Labute approximate surface area is 132 Å². The molecule has 1 aliphatic carbocycles. The van der Waals surface area contributed by atoms with E-state index in [0.29, 0.717) is 13.0 Å². The van der Waals surface area contributed by atoms with Gasteiger partial charge in [0.25, 0.3) is 0 Å². The smallest absolute Gasteiger partial charge is 0.247 e. The molecule has 2 fully saturated rings. The van der Waals surface area contributed by atoms with Crippen molar-refractivity contribution in [3.63, 3.8) is 0 Å². The summed E-state index contributed by atoms with van der Waals surface area (Å²) in [7, 11) is -3.36. The summed E-state index contributed by atoms with van der Waals surface area (Å²) in [5.74, 6) is -1.66. The molecule has 1 spiro atoms. The van der Waals surface area contributed by atoms with Gasteiger partial charge >= 0.3 is 0 Å². The van der Waals surface area contributed by atoms with E-state index in [-0.39, 0.29) is 17.2 Å². The van der Waals surface area contributed by atoms with Gasteiger partial charge in [-0.15, -0.1) is 0 Å². The highest BCUT2D eigenvalue weighted by Gasteiger charge is 2.42. The van der Waals surface area contributed by atoms with Crippen LogP contribution in [0.2, 0.25) is 0 Å². The number of hydrogen-bond donors (Lipinski definition) is 3. The predicted octanol–water partition coefficient (Wildman–Crippen LogP) is 1.24.